The number of ether oxygens (including phenoxy) is 2. The van der Waals surface area contributed by atoms with Crippen molar-refractivity contribution in [2.45, 2.75) is 18.6 Å². The Balaban J connectivity index is 2.17. The number of nitrogens with two attached hydrogens (primary N) is 3. The van der Waals surface area contributed by atoms with Gasteiger partial charge in [-0.2, -0.15) is 0 Å². The molecular weight excluding hydrogens is 182 g/mol. The summed E-state index contributed by atoms with van der Waals surface area (Å²) in [5, 5.41) is 0. The van der Waals surface area contributed by atoms with Crippen LogP contribution < -0.4 is 26.7 Å². The molecule has 0 saturated heterocycles. The van der Waals surface area contributed by atoms with Crippen molar-refractivity contribution < 1.29 is 9.47 Å². The summed E-state index contributed by atoms with van der Waals surface area (Å²) in [5.74, 6) is 1.14. The van der Waals surface area contributed by atoms with Crippen molar-refractivity contribution in [2.75, 3.05) is 17.2 Å². The van der Waals surface area contributed by atoms with Gasteiger partial charge in [0.05, 0.1) is 11.4 Å². The van der Waals surface area contributed by atoms with Crippen LogP contribution in [0.2, 0.25) is 0 Å². The molecule has 1 aromatic carbocycles. The van der Waals surface area contributed by atoms with Gasteiger partial charge in [0, 0.05) is 12.5 Å². The van der Waals surface area contributed by atoms with Crippen LogP contribution in [-0.4, -0.2) is 12.2 Å². The van der Waals surface area contributed by atoms with Crippen LogP contribution in [0.4, 0.5) is 17.1 Å². The van der Waals surface area contributed by atoms with E-state index in [9.17, 15) is 0 Å². The van der Waals surface area contributed by atoms with Crippen molar-refractivity contribution >= 4 is 17.1 Å². The fourth-order valence-electron chi connectivity index (χ4n) is 1.62. The summed E-state index contributed by atoms with van der Waals surface area (Å²) in [5.41, 5.74) is 18.3. The van der Waals surface area contributed by atoms with E-state index in [0.717, 1.165) is 6.42 Å². The number of hydrogen-bond donors (Lipinski definition) is 3. The van der Waals surface area contributed by atoms with E-state index in [1.807, 2.05) is 0 Å². The van der Waals surface area contributed by atoms with Crippen LogP contribution in [0.5, 0.6) is 11.5 Å². The number of nitrogen functional groups attached to an aromatic ring is 3. The van der Waals surface area contributed by atoms with Gasteiger partial charge in [0.2, 0.25) is 0 Å². The van der Waals surface area contributed by atoms with Crippen molar-refractivity contribution in [1.29, 1.82) is 0 Å². The molecule has 1 heterocycles. The average molecular weight is 193 g/mol. The minimum Gasteiger partial charge on any atom is -0.482 e. The summed E-state index contributed by atoms with van der Waals surface area (Å²) in [7, 11) is 0. The quantitative estimate of drug-likeness (QED) is 0.516. The molecule has 1 aliphatic carbocycles. The van der Waals surface area contributed by atoms with Gasteiger partial charge in [0.25, 0.3) is 0 Å². The van der Waals surface area contributed by atoms with Gasteiger partial charge < -0.3 is 26.7 Å². The van der Waals surface area contributed by atoms with E-state index in [0.29, 0.717) is 28.6 Å². The molecular formula is C9H11N3O2. The third-order valence-corrected chi connectivity index (χ3v) is 2.58. The Morgan fingerprint density at radius 1 is 1.07 bits per heavy atom. The van der Waals surface area contributed by atoms with Gasteiger partial charge in [-0.15, -0.1) is 0 Å². The molecule has 2 aliphatic rings. The zero-order valence-electron chi connectivity index (χ0n) is 7.49. The maximum absolute atomic E-state index is 5.77. The largest absolute Gasteiger partial charge is 0.482 e. The van der Waals surface area contributed by atoms with Gasteiger partial charge in [-0.1, -0.05) is 0 Å². The third kappa shape index (κ3) is 0.837. The van der Waals surface area contributed by atoms with Gasteiger partial charge in [0.15, 0.2) is 11.5 Å². The van der Waals surface area contributed by atoms with E-state index in [2.05, 4.69) is 0 Å². The lowest BCUT2D eigenvalue weighted by atomic mass is 10.2. The summed E-state index contributed by atoms with van der Waals surface area (Å²) in [6, 6.07) is 1.66. The van der Waals surface area contributed by atoms with Crippen molar-refractivity contribution in [3.05, 3.63) is 6.07 Å². The lowest BCUT2D eigenvalue weighted by Gasteiger charge is -2.20. The van der Waals surface area contributed by atoms with E-state index < -0.39 is 0 Å². The fourth-order valence-corrected chi connectivity index (χ4v) is 1.62. The topological polar surface area (TPSA) is 96.5 Å². The van der Waals surface area contributed by atoms with Gasteiger partial charge in [-0.25, -0.2) is 0 Å². The lowest BCUT2D eigenvalue weighted by molar-refractivity contribution is 0.167. The van der Waals surface area contributed by atoms with E-state index in [-0.39, 0.29) is 12.2 Å². The number of rotatable bonds is 0. The molecule has 2 atom stereocenters. The van der Waals surface area contributed by atoms with Gasteiger partial charge in [-0.05, 0) is 0 Å². The van der Waals surface area contributed by atoms with Crippen LogP contribution >= 0.6 is 0 Å². The zero-order valence-corrected chi connectivity index (χ0v) is 7.49. The molecule has 1 aromatic rings. The highest BCUT2D eigenvalue weighted by atomic mass is 16.6. The first-order valence-corrected chi connectivity index (χ1v) is 4.47. The summed E-state index contributed by atoms with van der Waals surface area (Å²) in [6.07, 6.45) is 1.23. The molecule has 0 aromatic heterocycles. The van der Waals surface area contributed by atoms with Crippen LogP contribution in [0.3, 0.4) is 0 Å². The standard InChI is InChI=1S/C9H11N3O2/c10-3-1-6-9(8(12)7(3)11)14-5-2-4(5)13-6/h1,4-5H,2,10-12H2. The Hall–Kier alpha value is -1.78. The molecule has 74 valence electrons. The Morgan fingerprint density at radius 3 is 2.57 bits per heavy atom. The Bertz CT molecular complexity index is 419. The summed E-state index contributed by atoms with van der Waals surface area (Å²) >= 11 is 0. The SMILES string of the molecule is Nc1cc2c(c(N)c1N)OC1CC1O2. The van der Waals surface area contributed by atoms with Crippen molar-refractivity contribution in [3.8, 4) is 11.5 Å². The molecule has 0 spiro atoms. The Kier molecular flexibility index (Phi) is 1.18. The van der Waals surface area contributed by atoms with Crippen LogP contribution in [-0.2, 0) is 0 Å². The predicted molar refractivity (Wildman–Crippen MR) is 53.1 cm³/mol. The lowest BCUT2D eigenvalue weighted by Crippen LogP contribution is -2.17. The summed E-state index contributed by atoms with van der Waals surface area (Å²) in [4.78, 5) is 0. The van der Waals surface area contributed by atoms with E-state index in [1.54, 1.807) is 6.07 Å². The maximum atomic E-state index is 5.77. The molecule has 0 bridgehead atoms. The summed E-state index contributed by atoms with van der Waals surface area (Å²) < 4.78 is 11.2. The second-order valence-electron chi connectivity index (χ2n) is 3.67. The Morgan fingerprint density at radius 2 is 1.79 bits per heavy atom. The fraction of sp³-hybridized carbons (Fsp3) is 0.333. The molecule has 1 aliphatic heterocycles. The molecule has 3 rings (SSSR count). The molecule has 5 heteroatoms. The van der Waals surface area contributed by atoms with E-state index in [4.69, 9.17) is 26.7 Å². The average Bonchev–Trinajstić information content (AvgIpc) is 2.90. The van der Waals surface area contributed by atoms with Gasteiger partial charge in [-0.3, -0.25) is 0 Å². The van der Waals surface area contributed by atoms with E-state index in [1.165, 1.54) is 0 Å². The molecule has 0 radical (unpaired) electrons. The Labute approximate surface area is 80.8 Å². The van der Waals surface area contributed by atoms with Gasteiger partial charge >= 0.3 is 0 Å². The molecule has 1 fully saturated rings. The molecule has 2 unspecified atom stereocenters. The normalized spacial score (nSPS) is 26.9. The second kappa shape index (κ2) is 2.17. The van der Waals surface area contributed by atoms with Crippen LogP contribution in [0, 0.1) is 0 Å². The first-order valence-electron chi connectivity index (χ1n) is 4.47. The van der Waals surface area contributed by atoms with Crippen molar-refractivity contribution in [1.82, 2.24) is 0 Å². The minimum absolute atomic E-state index is 0.146. The van der Waals surface area contributed by atoms with Crippen LogP contribution in [0.1, 0.15) is 6.42 Å². The van der Waals surface area contributed by atoms with Gasteiger partial charge in [0.1, 0.15) is 17.9 Å². The van der Waals surface area contributed by atoms with Crippen molar-refractivity contribution in [2.24, 2.45) is 0 Å². The number of anilines is 3. The highest BCUT2D eigenvalue weighted by Crippen LogP contribution is 2.49. The molecule has 14 heavy (non-hydrogen) atoms. The molecule has 6 N–H and O–H groups in total. The zero-order chi connectivity index (χ0) is 9.87. The first-order chi connectivity index (χ1) is 6.66. The van der Waals surface area contributed by atoms with Crippen LogP contribution in [0.15, 0.2) is 6.07 Å². The number of fused-ring (bicyclic) bond motifs is 2. The molecule has 0 amide bonds. The van der Waals surface area contributed by atoms with Crippen LogP contribution in [0.25, 0.3) is 0 Å². The smallest absolute Gasteiger partial charge is 0.186 e. The monoisotopic (exact) mass is 193 g/mol. The highest BCUT2D eigenvalue weighted by molar-refractivity contribution is 5.85. The maximum Gasteiger partial charge on any atom is 0.186 e. The predicted octanol–water partition coefficient (Wildman–Crippen LogP) is 0.345. The molecule has 5 nitrogen and oxygen atoms in total. The third-order valence-electron chi connectivity index (χ3n) is 2.58. The number of hydrogen-bond acceptors (Lipinski definition) is 5. The summed E-state index contributed by atoms with van der Waals surface area (Å²) in [6.45, 7) is 0. The number of benzene rings is 1. The second-order valence-corrected chi connectivity index (χ2v) is 3.67. The highest BCUT2D eigenvalue weighted by Gasteiger charge is 2.47. The molecule has 1 saturated carbocycles. The van der Waals surface area contributed by atoms with Crippen molar-refractivity contribution in [3.63, 3.8) is 0 Å². The van der Waals surface area contributed by atoms with E-state index >= 15 is 0 Å². The minimum atomic E-state index is 0.146. The first kappa shape index (κ1) is 7.61.